The van der Waals surface area contributed by atoms with Gasteiger partial charge in [-0.05, 0) is 79.5 Å². The molecule has 0 bridgehead atoms. The molecule has 0 radical (unpaired) electrons. The van der Waals surface area contributed by atoms with Gasteiger partial charge in [0.2, 0.25) is 0 Å². The molecule has 0 fully saturated rings. The van der Waals surface area contributed by atoms with Crippen LogP contribution in [0.3, 0.4) is 0 Å². The minimum Gasteiger partial charge on any atom is -0.309 e. The van der Waals surface area contributed by atoms with E-state index in [-0.39, 0.29) is 0 Å². The Balaban J connectivity index is 1.25. The maximum absolute atomic E-state index is 2.49. The van der Waals surface area contributed by atoms with Gasteiger partial charge in [0.1, 0.15) is 0 Å². The summed E-state index contributed by atoms with van der Waals surface area (Å²) in [5, 5.41) is 2.43. The van der Waals surface area contributed by atoms with E-state index in [1.54, 1.807) is 0 Å². The van der Waals surface area contributed by atoms with Gasteiger partial charge in [-0.1, -0.05) is 200 Å². The topological polar surface area (TPSA) is 3.24 Å². The second-order valence-corrected chi connectivity index (χ2v) is 14.1. The van der Waals surface area contributed by atoms with Crippen molar-refractivity contribution in [2.75, 3.05) is 4.90 Å². The summed E-state index contributed by atoms with van der Waals surface area (Å²) in [6.45, 7) is 0. The lowest BCUT2D eigenvalue weighted by Gasteiger charge is -2.34. The Labute approximate surface area is 317 Å². The second kappa shape index (κ2) is 13.2. The van der Waals surface area contributed by atoms with Gasteiger partial charge in [-0.15, -0.1) is 0 Å². The van der Waals surface area contributed by atoms with Crippen molar-refractivity contribution in [3.63, 3.8) is 0 Å². The molecule has 10 rings (SSSR count). The van der Waals surface area contributed by atoms with Crippen molar-refractivity contribution in [1.29, 1.82) is 0 Å². The number of para-hydroxylation sites is 1. The van der Waals surface area contributed by atoms with Crippen LogP contribution in [0.5, 0.6) is 0 Å². The predicted octanol–water partition coefficient (Wildman–Crippen LogP) is 14.0. The first-order valence-corrected chi connectivity index (χ1v) is 18.7. The molecule has 0 N–H and O–H groups in total. The fourth-order valence-corrected chi connectivity index (χ4v) is 8.77. The number of benzene rings is 9. The van der Waals surface area contributed by atoms with Crippen LogP contribution in [0.1, 0.15) is 22.3 Å². The average molecular weight is 688 g/mol. The van der Waals surface area contributed by atoms with Crippen LogP contribution >= 0.6 is 0 Å². The SMILES string of the molecule is c1ccc(-c2ccc(-c3ccccc3N(c3ccc4ccccc4c3)c3cccc4c3-c3ccccc3C4(c3ccccc3)c3ccccc3)cc2)cc1. The molecule has 1 aliphatic carbocycles. The van der Waals surface area contributed by atoms with Crippen molar-refractivity contribution >= 4 is 27.8 Å². The molecule has 0 aliphatic heterocycles. The van der Waals surface area contributed by atoms with Gasteiger partial charge in [0.15, 0.2) is 0 Å². The van der Waals surface area contributed by atoms with Gasteiger partial charge in [-0.25, -0.2) is 0 Å². The summed E-state index contributed by atoms with van der Waals surface area (Å²) in [4.78, 5) is 2.49. The molecule has 0 spiro atoms. The van der Waals surface area contributed by atoms with Crippen molar-refractivity contribution in [2.24, 2.45) is 0 Å². The molecule has 1 nitrogen and oxygen atoms in total. The predicted molar refractivity (Wildman–Crippen MR) is 227 cm³/mol. The van der Waals surface area contributed by atoms with E-state index in [2.05, 4.69) is 229 Å². The summed E-state index contributed by atoms with van der Waals surface area (Å²) in [6.07, 6.45) is 0. The van der Waals surface area contributed by atoms with Gasteiger partial charge in [-0.3, -0.25) is 0 Å². The Bertz CT molecular complexity index is 2710. The summed E-state index contributed by atoms with van der Waals surface area (Å²) in [6, 6.07) is 82.0. The van der Waals surface area contributed by atoms with E-state index < -0.39 is 5.41 Å². The fourth-order valence-electron chi connectivity index (χ4n) is 8.77. The standard InChI is InChI=1S/C53H37N/c1-4-17-38(18-5-1)40-31-33-41(34-32-40)46-25-13-15-29-50(46)54(45-36-35-39-19-10-11-20-42(39)37-45)51-30-16-28-49-52(51)47-26-12-14-27-48(47)53(49,43-21-6-2-7-22-43)44-23-8-3-9-24-44/h1-37H. The van der Waals surface area contributed by atoms with Gasteiger partial charge in [0.05, 0.1) is 16.8 Å². The van der Waals surface area contributed by atoms with Crippen LogP contribution in [0.4, 0.5) is 17.1 Å². The summed E-state index contributed by atoms with van der Waals surface area (Å²) >= 11 is 0. The number of hydrogen-bond donors (Lipinski definition) is 0. The molecule has 9 aromatic rings. The van der Waals surface area contributed by atoms with Gasteiger partial charge < -0.3 is 4.90 Å². The third-order valence-electron chi connectivity index (χ3n) is 11.1. The Hall–Kier alpha value is -6.96. The molecule has 254 valence electrons. The molecular formula is C53H37N. The van der Waals surface area contributed by atoms with Crippen LogP contribution in [0.2, 0.25) is 0 Å². The van der Waals surface area contributed by atoms with Crippen LogP contribution in [0.25, 0.3) is 44.2 Å². The van der Waals surface area contributed by atoms with E-state index in [0.717, 1.165) is 17.1 Å². The maximum Gasteiger partial charge on any atom is 0.0714 e. The molecule has 0 saturated carbocycles. The zero-order valence-electron chi connectivity index (χ0n) is 29.8. The van der Waals surface area contributed by atoms with Crippen molar-refractivity contribution < 1.29 is 0 Å². The molecule has 9 aromatic carbocycles. The summed E-state index contributed by atoms with van der Waals surface area (Å²) in [7, 11) is 0. The number of nitrogens with zero attached hydrogens (tertiary/aromatic N) is 1. The Morgan fingerprint density at radius 3 is 1.56 bits per heavy atom. The van der Waals surface area contributed by atoms with Gasteiger partial charge in [0, 0.05) is 16.8 Å². The highest BCUT2D eigenvalue weighted by Gasteiger charge is 2.47. The summed E-state index contributed by atoms with van der Waals surface area (Å²) < 4.78 is 0. The van der Waals surface area contributed by atoms with Gasteiger partial charge in [0.25, 0.3) is 0 Å². The Morgan fingerprint density at radius 1 is 0.315 bits per heavy atom. The van der Waals surface area contributed by atoms with E-state index in [9.17, 15) is 0 Å². The highest BCUT2D eigenvalue weighted by Crippen LogP contribution is 2.59. The molecule has 0 heterocycles. The van der Waals surface area contributed by atoms with Crippen molar-refractivity contribution in [2.45, 2.75) is 5.41 Å². The number of hydrogen-bond acceptors (Lipinski definition) is 1. The highest BCUT2D eigenvalue weighted by molar-refractivity contribution is 6.00. The Morgan fingerprint density at radius 2 is 0.833 bits per heavy atom. The number of rotatable bonds is 7. The smallest absolute Gasteiger partial charge is 0.0714 e. The van der Waals surface area contributed by atoms with Crippen LogP contribution in [0.15, 0.2) is 224 Å². The monoisotopic (exact) mass is 687 g/mol. The third-order valence-corrected chi connectivity index (χ3v) is 11.1. The fraction of sp³-hybridized carbons (Fsp3) is 0.0189. The largest absolute Gasteiger partial charge is 0.309 e. The molecule has 54 heavy (non-hydrogen) atoms. The van der Waals surface area contributed by atoms with Gasteiger partial charge in [-0.2, -0.15) is 0 Å². The van der Waals surface area contributed by atoms with Crippen molar-refractivity contribution in [3.8, 4) is 33.4 Å². The lowest BCUT2D eigenvalue weighted by atomic mass is 9.68. The summed E-state index contributed by atoms with van der Waals surface area (Å²) in [5.41, 5.74) is 15.3. The first-order chi connectivity index (χ1) is 26.8. The van der Waals surface area contributed by atoms with Crippen molar-refractivity contribution in [3.05, 3.63) is 247 Å². The molecule has 0 saturated heterocycles. The molecule has 0 amide bonds. The Kier molecular flexibility index (Phi) is 7.78. The van der Waals surface area contributed by atoms with Crippen LogP contribution in [-0.2, 0) is 5.41 Å². The van der Waals surface area contributed by atoms with E-state index >= 15 is 0 Å². The summed E-state index contributed by atoms with van der Waals surface area (Å²) in [5.74, 6) is 0. The maximum atomic E-state index is 2.49. The van der Waals surface area contributed by atoms with Crippen LogP contribution in [0, 0.1) is 0 Å². The number of fused-ring (bicyclic) bond motifs is 4. The van der Waals surface area contributed by atoms with Crippen molar-refractivity contribution in [1.82, 2.24) is 0 Å². The molecule has 0 aromatic heterocycles. The number of anilines is 3. The van der Waals surface area contributed by atoms with E-state index in [4.69, 9.17) is 0 Å². The average Bonchev–Trinajstić information content (AvgIpc) is 3.57. The highest BCUT2D eigenvalue weighted by atomic mass is 15.1. The minimum absolute atomic E-state index is 0.494. The third kappa shape index (κ3) is 5.09. The first-order valence-electron chi connectivity index (χ1n) is 18.7. The first kappa shape index (κ1) is 31.7. The second-order valence-electron chi connectivity index (χ2n) is 14.1. The molecule has 0 atom stereocenters. The zero-order valence-corrected chi connectivity index (χ0v) is 29.8. The molecule has 0 unspecified atom stereocenters. The van der Waals surface area contributed by atoms with Gasteiger partial charge >= 0.3 is 0 Å². The lowest BCUT2D eigenvalue weighted by Crippen LogP contribution is -2.28. The van der Waals surface area contributed by atoms with Crippen LogP contribution in [-0.4, -0.2) is 0 Å². The van der Waals surface area contributed by atoms with E-state index in [0.29, 0.717) is 0 Å². The lowest BCUT2D eigenvalue weighted by molar-refractivity contribution is 0.768. The molecule has 1 aliphatic rings. The van der Waals surface area contributed by atoms with E-state index in [1.807, 2.05) is 0 Å². The quantitative estimate of drug-likeness (QED) is 0.161. The van der Waals surface area contributed by atoms with E-state index in [1.165, 1.54) is 66.4 Å². The molecular weight excluding hydrogens is 651 g/mol. The minimum atomic E-state index is -0.494. The normalized spacial score (nSPS) is 12.6. The molecule has 1 heteroatoms. The van der Waals surface area contributed by atoms with Crippen LogP contribution < -0.4 is 4.90 Å². The zero-order chi connectivity index (χ0) is 35.9.